The van der Waals surface area contributed by atoms with Crippen LogP contribution in [0.3, 0.4) is 0 Å². The Labute approximate surface area is 172 Å². The van der Waals surface area contributed by atoms with Crippen LogP contribution in [0.1, 0.15) is 4.88 Å². The molecule has 2 N–H and O–H groups in total. The molecule has 29 heavy (non-hydrogen) atoms. The van der Waals surface area contributed by atoms with Crippen molar-refractivity contribution in [3.8, 4) is 11.3 Å². The molecule has 8 heteroatoms. The summed E-state index contributed by atoms with van der Waals surface area (Å²) < 4.78 is 5.47. The molecule has 0 atom stereocenters. The molecule has 0 unspecified atom stereocenters. The van der Waals surface area contributed by atoms with Crippen molar-refractivity contribution in [2.45, 2.75) is 0 Å². The largest absolute Gasteiger partial charge is 0.378 e. The molecule has 3 heterocycles. The van der Waals surface area contributed by atoms with Crippen molar-refractivity contribution in [1.82, 2.24) is 15.0 Å². The number of hydrazone groups is 1. The Morgan fingerprint density at radius 3 is 2.66 bits per heavy atom. The molecule has 4 aromatic rings. The van der Waals surface area contributed by atoms with Gasteiger partial charge in [-0.25, -0.2) is 15.4 Å². The maximum atomic E-state index is 5.47. The Balaban J connectivity index is 1.42. The van der Waals surface area contributed by atoms with Gasteiger partial charge in [-0.3, -0.25) is 0 Å². The smallest absolute Gasteiger partial charge is 0.222 e. The van der Waals surface area contributed by atoms with Gasteiger partial charge in [-0.1, -0.05) is 53.8 Å². The minimum atomic E-state index is 0.613. The number of aromatic amines is 1. The summed E-state index contributed by atoms with van der Waals surface area (Å²) in [6.45, 7) is 3.18. The lowest BCUT2D eigenvalue weighted by Crippen LogP contribution is -2.36. The third kappa shape index (κ3) is 3.85. The van der Waals surface area contributed by atoms with Gasteiger partial charge in [0.25, 0.3) is 0 Å². The zero-order valence-electron chi connectivity index (χ0n) is 15.7. The molecule has 146 valence electrons. The minimum absolute atomic E-state index is 0.613. The Morgan fingerprint density at radius 2 is 1.83 bits per heavy atom. The van der Waals surface area contributed by atoms with E-state index in [-0.39, 0.29) is 0 Å². The van der Waals surface area contributed by atoms with E-state index >= 15 is 0 Å². The van der Waals surface area contributed by atoms with Crippen molar-refractivity contribution in [2.75, 3.05) is 36.6 Å². The summed E-state index contributed by atoms with van der Waals surface area (Å²) >= 11 is 1.64. The van der Waals surface area contributed by atoms with Crippen LogP contribution in [-0.2, 0) is 4.74 Å². The molecule has 0 saturated carbocycles. The fraction of sp³-hybridized carbons (Fsp3) is 0.190. The van der Waals surface area contributed by atoms with E-state index in [1.54, 1.807) is 11.3 Å². The van der Waals surface area contributed by atoms with Crippen LogP contribution < -0.4 is 10.3 Å². The second-order valence-electron chi connectivity index (χ2n) is 6.65. The summed E-state index contributed by atoms with van der Waals surface area (Å²) in [5.74, 6) is 0.613. The molecular weight excluding hydrogens is 384 g/mol. The number of fused-ring (bicyclic) bond motifs is 1. The number of rotatable bonds is 5. The molecular formula is C21H20N6OS. The first-order valence-corrected chi connectivity index (χ1v) is 10.3. The molecule has 1 fully saturated rings. The van der Waals surface area contributed by atoms with Crippen molar-refractivity contribution >= 4 is 39.7 Å². The summed E-state index contributed by atoms with van der Waals surface area (Å²) in [5, 5.41) is 5.41. The Kier molecular flexibility index (Phi) is 4.93. The van der Waals surface area contributed by atoms with Crippen molar-refractivity contribution in [2.24, 2.45) is 5.10 Å². The van der Waals surface area contributed by atoms with E-state index in [0.717, 1.165) is 58.6 Å². The zero-order valence-corrected chi connectivity index (χ0v) is 16.5. The number of morpholine rings is 1. The minimum Gasteiger partial charge on any atom is -0.378 e. The number of hydrogen-bond acceptors (Lipinski definition) is 7. The standard InChI is InChI=1S/C21H20N6OS/c1-2-6-15(7-3-1)19-18(29-21(25-19)27-10-12-28-13-11-27)14-22-26-20-23-16-8-4-5-9-17(16)24-20/h1-9,14H,10-13H2,(H2,23,24,26)/b22-14+. The molecule has 0 aliphatic carbocycles. The van der Waals surface area contributed by atoms with Crippen LogP contribution >= 0.6 is 11.3 Å². The number of ether oxygens (including phenoxy) is 1. The van der Waals surface area contributed by atoms with E-state index in [4.69, 9.17) is 9.72 Å². The van der Waals surface area contributed by atoms with Gasteiger partial charge in [-0.2, -0.15) is 5.10 Å². The van der Waals surface area contributed by atoms with Crippen LogP contribution in [0.4, 0.5) is 11.1 Å². The number of aromatic nitrogens is 3. The second kappa shape index (κ2) is 8.02. The first kappa shape index (κ1) is 17.8. The number of benzene rings is 2. The number of H-pyrrole nitrogens is 1. The Morgan fingerprint density at radius 1 is 1.03 bits per heavy atom. The van der Waals surface area contributed by atoms with Gasteiger partial charge in [0.1, 0.15) is 0 Å². The monoisotopic (exact) mass is 404 g/mol. The summed E-state index contributed by atoms with van der Waals surface area (Å²) in [6.07, 6.45) is 1.82. The molecule has 0 bridgehead atoms. The lowest BCUT2D eigenvalue weighted by atomic mass is 10.1. The van der Waals surface area contributed by atoms with Crippen LogP contribution in [0.2, 0.25) is 0 Å². The first-order chi connectivity index (χ1) is 14.4. The summed E-state index contributed by atoms with van der Waals surface area (Å²) in [5.41, 5.74) is 6.89. The van der Waals surface area contributed by atoms with E-state index in [9.17, 15) is 0 Å². The lowest BCUT2D eigenvalue weighted by Gasteiger charge is -2.26. The highest BCUT2D eigenvalue weighted by atomic mass is 32.1. The average molecular weight is 404 g/mol. The summed E-state index contributed by atoms with van der Waals surface area (Å²) in [7, 11) is 0. The molecule has 1 saturated heterocycles. The number of nitrogens with zero attached hydrogens (tertiary/aromatic N) is 4. The Bertz CT molecular complexity index is 1100. The van der Waals surface area contributed by atoms with Gasteiger partial charge in [-0.15, -0.1) is 0 Å². The quantitative estimate of drug-likeness (QED) is 0.389. The van der Waals surface area contributed by atoms with Gasteiger partial charge >= 0.3 is 0 Å². The van der Waals surface area contributed by atoms with Crippen LogP contribution in [0.5, 0.6) is 0 Å². The molecule has 2 aromatic heterocycles. The third-order valence-electron chi connectivity index (χ3n) is 4.71. The lowest BCUT2D eigenvalue weighted by molar-refractivity contribution is 0.122. The molecule has 0 spiro atoms. The highest BCUT2D eigenvalue weighted by molar-refractivity contribution is 7.17. The summed E-state index contributed by atoms with van der Waals surface area (Å²) in [6, 6.07) is 18.1. The molecule has 7 nitrogen and oxygen atoms in total. The zero-order chi connectivity index (χ0) is 19.5. The van der Waals surface area contributed by atoms with Gasteiger partial charge in [0.2, 0.25) is 5.95 Å². The third-order valence-corrected chi connectivity index (χ3v) is 5.76. The van der Waals surface area contributed by atoms with Gasteiger partial charge in [0.15, 0.2) is 5.13 Å². The van der Waals surface area contributed by atoms with Crippen LogP contribution in [0, 0.1) is 0 Å². The number of para-hydroxylation sites is 2. The average Bonchev–Trinajstić information content (AvgIpc) is 3.39. The number of imidazole rings is 1. The molecule has 2 aromatic carbocycles. The van der Waals surface area contributed by atoms with Gasteiger partial charge in [-0.05, 0) is 12.1 Å². The van der Waals surface area contributed by atoms with Crippen molar-refractivity contribution in [1.29, 1.82) is 0 Å². The van der Waals surface area contributed by atoms with E-state index in [2.05, 4.69) is 37.5 Å². The SMILES string of the molecule is C(=N\Nc1nc2ccccc2[nH]1)/c1sc(N2CCOCC2)nc1-c1ccccc1. The highest BCUT2D eigenvalue weighted by Gasteiger charge is 2.18. The van der Waals surface area contributed by atoms with Crippen LogP contribution in [0.25, 0.3) is 22.3 Å². The highest BCUT2D eigenvalue weighted by Crippen LogP contribution is 2.32. The molecule has 0 amide bonds. The molecule has 1 aliphatic heterocycles. The summed E-state index contributed by atoms with van der Waals surface area (Å²) in [4.78, 5) is 15.9. The first-order valence-electron chi connectivity index (χ1n) is 9.49. The van der Waals surface area contributed by atoms with Gasteiger partial charge in [0.05, 0.1) is 41.0 Å². The number of anilines is 2. The maximum absolute atomic E-state index is 5.47. The maximum Gasteiger partial charge on any atom is 0.222 e. The van der Waals surface area contributed by atoms with Gasteiger partial charge in [0, 0.05) is 18.7 Å². The number of thiazole rings is 1. The van der Waals surface area contributed by atoms with Crippen LogP contribution in [-0.4, -0.2) is 47.5 Å². The number of nitrogens with one attached hydrogen (secondary N) is 2. The molecule has 5 rings (SSSR count). The predicted molar refractivity (Wildman–Crippen MR) is 118 cm³/mol. The second-order valence-corrected chi connectivity index (χ2v) is 7.66. The van der Waals surface area contributed by atoms with Crippen molar-refractivity contribution in [3.63, 3.8) is 0 Å². The van der Waals surface area contributed by atoms with E-state index < -0.39 is 0 Å². The normalized spacial score (nSPS) is 14.7. The van der Waals surface area contributed by atoms with E-state index in [1.807, 2.05) is 48.7 Å². The number of hydrogen-bond donors (Lipinski definition) is 2. The van der Waals surface area contributed by atoms with Crippen molar-refractivity contribution < 1.29 is 4.74 Å². The fourth-order valence-electron chi connectivity index (χ4n) is 3.26. The Hall–Kier alpha value is -3.23. The van der Waals surface area contributed by atoms with Crippen LogP contribution in [0.15, 0.2) is 59.7 Å². The van der Waals surface area contributed by atoms with Gasteiger partial charge < -0.3 is 14.6 Å². The fourth-order valence-corrected chi connectivity index (χ4v) is 4.27. The van der Waals surface area contributed by atoms with E-state index in [0.29, 0.717) is 5.95 Å². The molecule has 0 radical (unpaired) electrons. The topological polar surface area (TPSA) is 78.4 Å². The van der Waals surface area contributed by atoms with Crippen molar-refractivity contribution in [3.05, 3.63) is 59.5 Å². The molecule has 1 aliphatic rings. The predicted octanol–water partition coefficient (Wildman–Crippen LogP) is 3.97. The van der Waals surface area contributed by atoms with E-state index in [1.165, 1.54) is 0 Å².